The highest BCUT2D eigenvalue weighted by molar-refractivity contribution is 9.10. The lowest BCUT2D eigenvalue weighted by Gasteiger charge is -2.20. The normalized spacial score (nSPS) is 19.8. The van der Waals surface area contributed by atoms with E-state index in [2.05, 4.69) is 15.9 Å². The molecule has 3 nitrogen and oxygen atoms in total. The first-order valence-corrected chi connectivity index (χ1v) is 8.01. The molecule has 1 aromatic carbocycles. The van der Waals surface area contributed by atoms with Crippen LogP contribution in [0.15, 0.2) is 21.5 Å². The lowest BCUT2D eigenvalue weighted by Crippen LogP contribution is -2.31. The fourth-order valence-electron chi connectivity index (χ4n) is 2.17. The Bertz CT molecular complexity index is 593. The van der Waals surface area contributed by atoms with Crippen molar-refractivity contribution >= 4 is 26.0 Å². The summed E-state index contributed by atoms with van der Waals surface area (Å²) in [6.07, 6.45) is 0.715. The summed E-state index contributed by atoms with van der Waals surface area (Å²) in [5, 5.41) is 0. The Morgan fingerprint density at radius 1 is 1.32 bits per heavy atom. The van der Waals surface area contributed by atoms with E-state index in [0.717, 1.165) is 6.07 Å². The third-order valence-electron chi connectivity index (χ3n) is 3.20. The zero-order valence-electron chi connectivity index (χ0n) is 10.6. The van der Waals surface area contributed by atoms with Crippen LogP contribution in [0.2, 0.25) is 0 Å². The Morgan fingerprint density at radius 3 is 2.42 bits per heavy atom. The van der Waals surface area contributed by atoms with Crippen LogP contribution < -0.4 is 0 Å². The van der Waals surface area contributed by atoms with E-state index in [0.29, 0.717) is 25.6 Å². The summed E-state index contributed by atoms with van der Waals surface area (Å²) < 4.78 is 52.8. The van der Waals surface area contributed by atoms with Crippen molar-refractivity contribution in [1.82, 2.24) is 4.31 Å². The molecule has 1 heterocycles. The van der Waals surface area contributed by atoms with Gasteiger partial charge < -0.3 is 0 Å². The standard InChI is InChI=1S/C12H14BrF2NO2S/c1-12(2)3-4-16(7-12)19(17,18)11-9(13)5-8(14)6-10(11)15/h5-6H,3-4,7H2,1-2H3. The van der Waals surface area contributed by atoms with Crippen LogP contribution in [-0.4, -0.2) is 25.8 Å². The topological polar surface area (TPSA) is 37.4 Å². The van der Waals surface area contributed by atoms with Crippen LogP contribution in [-0.2, 0) is 10.0 Å². The minimum absolute atomic E-state index is 0.0882. The first-order valence-electron chi connectivity index (χ1n) is 5.78. The van der Waals surface area contributed by atoms with Gasteiger partial charge in [0.1, 0.15) is 16.5 Å². The van der Waals surface area contributed by atoms with Crippen molar-refractivity contribution in [1.29, 1.82) is 0 Å². The lowest BCUT2D eigenvalue weighted by atomic mass is 9.93. The summed E-state index contributed by atoms with van der Waals surface area (Å²) in [4.78, 5) is -0.494. The van der Waals surface area contributed by atoms with E-state index < -0.39 is 26.6 Å². The molecule has 1 fully saturated rings. The Morgan fingerprint density at radius 2 is 1.95 bits per heavy atom. The Balaban J connectivity index is 2.47. The average molecular weight is 354 g/mol. The Hall–Kier alpha value is -0.530. The number of hydrogen-bond acceptors (Lipinski definition) is 2. The minimum atomic E-state index is -3.94. The van der Waals surface area contributed by atoms with Crippen LogP contribution in [0.4, 0.5) is 8.78 Å². The number of sulfonamides is 1. The van der Waals surface area contributed by atoms with Crippen molar-refractivity contribution in [3.05, 3.63) is 28.2 Å². The fraction of sp³-hybridized carbons (Fsp3) is 0.500. The van der Waals surface area contributed by atoms with Crippen molar-refractivity contribution in [3.63, 3.8) is 0 Å². The maximum Gasteiger partial charge on any atom is 0.247 e. The molecule has 0 spiro atoms. The zero-order valence-corrected chi connectivity index (χ0v) is 13.0. The summed E-state index contributed by atoms with van der Waals surface area (Å²) in [5.41, 5.74) is -0.129. The van der Waals surface area contributed by atoms with Gasteiger partial charge >= 0.3 is 0 Å². The zero-order chi connectivity index (χ0) is 14.4. The van der Waals surface area contributed by atoms with Crippen molar-refractivity contribution < 1.29 is 17.2 Å². The Kier molecular flexibility index (Phi) is 3.75. The van der Waals surface area contributed by atoms with E-state index in [1.165, 1.54) is 4.31 Å². The van der Waals surface area contributed by atoms with Crippen LogP contribution in [0.25, 0.3) is 0 Å². The summed E-state index contributed by atoms with van der Waals surface area (Å²) in [7, 11) is -3.94. The molecule has 0 aliphatic carbocycles. The molecular weight excluding hydrogens is 340 g/mol. The van der Waals surface area contributed by atoms with Crippen LogP contribution in [0.3, 0.4) is 0 Å². The van der Waals surface area contributed by atoms with E-state index >= 15 is 0 Å². The van der Waals surface area contributed by atoms with E-state index in [-0.39, 0.29) is 9.89 Å². The van der Waals surface area contributed by atoms with Crippen LogP contribution in [0, 0.1) is 17.0 Å². The van der Waals surface area contributed by atoms with Crippen LogP contribution in [0.5, 0.6) is 0 Å². The molecule has 1 saturated heterocycles. The summed E-state index contributed by atoms with van der Waals surface area (Å²) in [5.74, 6) is -1.89. The molecule has 0 atom stereocenters. The Labute approximate surface area is 119 Å². The average Bonchev–Trinajstić information content (AvgIpc) is 2.57. The molecule has 1 aliphatic rings. The molecule has 0 aromatic heterocycles. The van der Waals surface area contributed by atoms with Crippen molar-refractivity contribution in [2.75, 3.05) is 13.1 Å². The van der Waals surface area contributed by atoms with Gasteiger partial charge in [-0.2, -0.15) is 4.31 Å². The number of halogens is 3. The lowest BCUT2D eigenvalue weighted by molar-refractivity contribution is 0.374. The molecule has 7 heteroatoms. The van der Waals surface area contributed by atoms with Gasteiger partial charge in [0.15, 0.2) is 0 Å². The van der Waals surface area contributed by atoms with E-state index in [4.69, 9.17) is 0 Å². The van der Waals surface area contributed by atoms with Crippen molar-refractivity contribution in [2.45, 2.75) is 25.2 Å². The first kappa shape index (κ1) is 14.9. The third-order valence-corrected chi connectivity index (χ3v) is 6.01. The molecule has 1 aliphatic heterocycles. The fourth-order valence-corrected chi connectivity index (χ4v) is 4.91. The summed E-state index contributed by atoms with van der Waals surface area (Å²) in [6, 6.07) is 1.54. The second-order valence-electron chi connectivity index (χ2n) is 5.45. The van der Waals surface area contributed by atoms with E-state index in [9.17, 15) is 17.2 Å². The molecule has 0 amide bonds. The predicted octanol–water partition coefficient (Wildman–Crippen LogP) is 3.15. The van der Waals surface area contributed by atoms with E-state index in [1.54, 1.807) is 0 Å². The van der Waals surface area contributed by atoms with Crippen molar-refractivity contribution in [3.8, 4) is 0 Å². The molecule has 106 valence electrons. The summed E-state index contributed by atoms with van der Waals surface area (Å²) in [6.45, 7) is 4.59. The second-order valence-corrected chi connectivity index (χ2v) is 8.18. The molecule has 0 saturated carbocycles. The molecule has 2 rings (SSSR count). The van der Waals surface area contributed by atoms with Gasteiger partial charge in [-0.1, -0.05) is 13.8 Å². The SMILES string of the molecule is CC1(C)CCN(S(=O)(=O)c2c(F)cc(F)cc2Br)C1. The molecule has 0 unspecified atom stereocenters. The number of hydrogen-bond donors (Lipinski definition) is 0. The smallest absolute Gasteiger partial charge is 0.207 e. The van der Waals surface area contributed by atoms with E-state index in [1.807, 2.05) is 13.8 Å². The maximum absolute atomic E-state index is 13.8. The summed E-state index contributed by atoms with van der Waals surface area (Å²) >= 11 is 2.92. The molecule has 0 bridgehead atoms. The van der Waals surface area contributed by atoms with Crippen molar-refractivity contribution in [2.24, 2.45) is 5.41 Å². The van der Waals surface area contributed by atoms with Crippen LogP contribution in [0.1, 0.15) is 20.3 Å². The maximum atomic E-state index is 13.8. The van der Waals surface area contributed by atoms with Gasteiger partial charge in [-0.05, 0) is 33.8 Å². The highest BCUT2D eigenvalue weighted by Crippen LogP contribution is 2.35. The first-order chi connectivity index (χ1) is 8.63. The minimum Gasteiger partial charge on any atom is -0.207 e. The largest absolute Gasteiger partial charge is 0.247 e. The predicted molar refractivity (Wildman–Crippen MR) is 71.2 cm³/mol. The molecule has 19 heavy (non-hydrogen) atoms. The van der Waals surface area contributed by atoms with Gasteiger partial charge in [0.2, 0.25) is 10.0 Å². The molecule has 0 radical (unpaired) electrons. The molecular formula is C12H14BrF2NO2S. The van der Waals surface area contributed by atoms with Gasteiger partial charge in [-0.15, -0.1) is 0 Å². The van der Waals surface area contributed by atoms with Gasteiger partial charge in [0, 0.05) is 23.6 Å². The number of nitrogens with zero attached hydrogens (tertiary/aromatic N) is 1. The highest BCUT2D eigenvalue weighted by atomic mass is 79.9. The molecule has 0 N–H and O–H groups in total. The van der Waals surface area contributed by atoms with Gasteiger partial charge in [-0.3, -0.25) is 0 Å². The number of benzene rings is 1. The monoisotopic (exact) mass is 353 g/mol. The highest BCUT2D eigenvalue weighted by Gasteiger charge is 2.39. The molecule has 1 aromatic rings. The third kappa shape index (κ3) is 2.83. The van der Waals surface area contributed by atoms with Gasteiger partial charge in [0.05, 0.1) is 0 Å². The van der Waals surface area contributed by atoms with Gasteiger partial charge in [-0.25, -0.2) is 17.2 Å². The quantitative estimate of drug-likeness (QED) is 0.818. The van der Waals surface area contributed by atoms with Crippen LogP contribution >= 0.6 is 15.9 Å². The second kappa shape index (κ2) is 4.79. The number of rotatable bonds is 2. The van der Waals surface area contributed by atoms with Gasteiger partial charge in [0.25, 0.3) is 0 Å².